The minimum Gasteiger partial charge on any atom is -0.395 e. The molecule has 3 aromatic rings. The van der Waals surface area contributed by atoms with Crippen molar-refractivity contribution in [2.45, 2.75) is 49.0 Å². The monoisotopic (exact) mass is 577 g/mol. The molecule has 2 saturated heterocycles. The van der Waals surface area contributed by atoms with Crippen molar-refractivity contribution in [3.05, 3.63) is 66.0 Å². The molecule has 41 heavy (non-hydrogen) atoms. The fourth-order valence-corrected chi connectivity index (χ4v) is 7.60. The maximum Gasteiger partial charge on any atom is 0.243 e. The van der Waals surface area contributed by atoms with Gasteiger partial charge in [-0.2, -0.15) is 4.31 Å². The van der Waals surface area contributed by atoms with Crippen molar-refractivity contribution in [2.24, 2.45) is 0 Å². The van der Waals surface area contributed by atoms with E-state index in [1.165, 1.54) is 0 Å². The van der Waals surface area contributed by atoms with Crippen LogP contribution in [0.2, 0.25) is 0 Å². The van der Waals surface area contributed by atoms with Gasteiger partial charge >= 0.3 is 0 Å². The number of amides is 1. The summed E-state index contributed by atoms with van der Waals surface area (Å²) < 4.78 is 34.0. The predicted molar refractivity (Wildman–Crippen MR) is 155 cm³/mol. The number of fused-ring (bicyclic) bond motifs is 2. The van der Waals surface area contributed by atoms with Crippen molar-refractivity contribution in [1.29, 1.82) is 0 Å². The fourth-order valence-electron chi connectivity index (χ4n) is 6.13. The average molecular weight is 578 g/mol. The zero-order valence-electron chi connectivity index (χ0n) is 23.1. The second-order valence-corrected chi connectivity index (χ2v) is 13.0. The van der Waals surface area contributed by atoms with Gasteiger partial charge in [0.25, 0.3) is 0 Å². The Morgan fingerprint density at radius 3 is 2.41 bits per heavy atom. The maximum atomic E-state index is 13.4. The van der Waals surface area contributed by atoms with E-state index >= 15 is 0 Å². The molecule has 0 saturated carbocycles. The van der Waals surface area contributed by atoms with Crippen LogP contribution in [0, 0.1) is 6.92 Å². The Bertz CT molecular complexity index is 1510. The van der Waals surface area contributed by atoms with Crippen LogP contribution >= 0.6 is 0 Å². The number of aliphatic hydroxyl groups excluding tert-OH is 1. The van der Waals surface area contributed by atoms with Crippen molar-refractivity contribution in [3.8, 4) is 11.1 Å². The van der Waals surface area contributed by atoms with Crippen LogP contribution in [-0.4, -0.2) is 79.2 Å². The number of aryl methyl sites for hydroxylation is 1. The van der Waals surface area contributed by atoms with Crippen LogP contribution in [-0.2, 0) is 25.0 Å². The number of piperidine rings is 1. The standard InChI is InChI=1S/C30H35N5O5S/c1-21-2-7-27(31-19-21)33-24-8-12-34(13-9-24)41(38,39)25-5-3-22(4-6-25)23-18-26-28(32-20-23)35(14-15-36)29(37)30(26)10-16-40-17-11-30/h2-7,18-20,24,36H,8-17H2,1H3,(H,31,33). The van der Waals surface area contributed by atoms with E-state index in [9.17, 15) is 18.3 Å². The highest BCUT2D eigenvalue weighted by Crippen LogP contribution is 2.47. The Balaban J connectivity index is 1.18. The van der Waals surface area contributed by atoms with Gasteiger partial charge in [-0.25, -0.2) is 18.4 Å². The van der Waals surface area contributed by atoms with Gasteiger partial charge in [0, 0.05) is 55.9 Å². The summed E-state index contributed by atoms with van der Waals surface area (Å²) >= 11 is 0. The molecule has 2 N–H and O–H groups in total. The summed E-state index contributed by atoms with van der Waals surface area (Å²) in [7, 11) is -3.63. The number of hydrogen-bond donors (Lipinski definition) is 2. The van der Waals surface area contributed by atoms with Gasteiger partial charge in [0.05, 0.1) is 23.5 Å². The lowest BCUT2D eigenvalue weighted by atomic mass is 9.75. The summed E-state index contributed by atoms with van der Waals surface area (Å²) in [6.07, 6.45) is 6.06. The number of ether oxygens (including phenoxy) is 1. The molecule has 5 heterocycles. The van der Waals surface area contributed by atoms with Crippen LogP contribution < -0.4 is 10.2 Å². The van der Waals surface area contributed by atoms with Crippen LogP contribution in [0.15, 0.2) is 59.8 Å². The molecule has 3 aliphatic rings. The van der Waals surface area contributed by atoms with Crippen molar-refractivity contribution in [2.75, 3.05) is 49.7 Å². The van der Waals surface area contributed by atoms with Gasteiger partial charge in [-0.3, -0.25) is 9.69 Å². The smallest absolute Gasteiger partial charge is 0.243 e. The van der Waals surface area contributed by atoms with E-state index in [1.54, 1.807) is 39.7 Å². The SMILES string of the molecule is Cc1ccc(NC2CCN(S(=O)(=O)c3ccc(-c4cnc5c(c4)C4(CCOCC4)C(=O)N5CCO)cc3)CC2)nc1. The van der Waals surface area contributed by atoms with E-state index in [4.69, 9.17) is 4.74 Å². The van der Waals surface area contributed by atoms with Crippen LogP contribution in [0.1, 0.15) is 36.8 Å². The van der Waals surface area contributed by atoms with Gasteiger partial charge in [0.1, 0.15) is 11.6 Å². The third kappa shape index (κ3) is 5.12. The van der Waals surface area contributed by atoms with Gasteiger partial charge in [0.2, 0.25) is 15.9 Å². The number of aliphatic hydroxyl groups is 1. The van der Waals surface area contributed by atoms with Gasteiger partial charge in [-0.1, -0.05) is 18.2 Å². The van der Waals surface area contributed by atoms with E-state index in [0.29, 0.717) is 57.8 Å². The van der Waals surface area contributed by atoms with E-state index in [0.717, 1.165) is 28.1 Å². The zero-order chi connectivity index (χ0) is 28.6. The Morgan fingerprint density at radius 2 is 1.76 bits per heavy atom. The average Bonchev–Trinajstić information content (AvgIpc) is 3.21. The second-order valence-electron chi connectivity index (χ2n) is 11.0. The molecule has 1 amide bonds. The van der Waals surface area contributed by atoms with Crippen LogP contribution in [0.3, 0.4) is 0 Å². The number of nitrogens with one attached hydrogen (secondary N) is 1. The summed E-state index contributed by atoms with van der Waals surface area (Å²) in [6.45, 7) is 3.90. The molecule has 0 atom stereocenters. The minimum atomic E-state index is -3.63. The molecule has 2 aromatic heterocycles. The van der Waals surface area contributed by atoms with Crippen LogP contribution in [0.25, 0.3) is 11.1 Å². The lowest BCUT2D eigenvalue weighted by Crippen LogP contribution is -2.44. The molecule has 216 valence electrons. The highest BCUT2D eigenvalue weighted by atomic mass is 32.2. The van der Waals surface area contributed by atoms with E-state index in [1.807, 2.05) is 31.3 Å². The van der Waals surface area contributed by atoms with Crippen LogP contribution in [0.4, 0.5) is 11.6 Å². The molecule has 0 radical (unpaired) electrons. The molecule has 10 nitrogen and oxygen atoms in total. The van der Waals surface area contributed by atoms with Crippen molar-refractivity contribution >= 4 is 27.6 Å². The Kier molecular flexibility index (Phi) is 7.54. The Hall–Kier alpha value is -3.38. The van der Waals surface area contributed by atoms with E-state index < -0.39 is 15.4 Å². The lowest BCUT2D eigenvalue weighted by molar-refractivity contribution is -0.126. The number of aromatic nitrogens is 2. The number of benzene rings is 1. The van der Waals surface area contributed by atoms with Crippen molar-refractivity contribution < 1.29 is 23.1 Å². The summed E-state index contributed by atoms with van der Waals surface area (Å²) in [6, 6.07) is 13.0. The topological polar surface area (TPSA) is 125 Å². The number of hydrogen-bond acceptors (Lipinski definition) is 8. The summed E-state index contributed by atoms with van der Waals surface area (Å²) in [5.74, 6) is 1.36. The molecule has 0 unspecified atom stereocenters. The number of sulfonamides is 1. The molecule has 0 bridgehead atoms. The first kappa shape index (κ1) is 27.8. The zero-order valence-corrected chi connectivity index (χ0v) is 23.9. The predicted octanol–water partition coefficient (Wildman–Crippen LogP) is 3.10. The third-order valence-corrected chi connectivity index (χ3v) is 10.4. The van der Waals surface area contributed by atoms with E-state index in [-0.39, 0.29) is 30.0 Å². The minimum absolute atomic E-state index is 0.0370. The van der Waals surface area contributed by atoms with Crippen molar-refractivity contribution in [1.82, 2.24) is 14.3 Å². The maximum absolute atomic E-state index is 13.4. The van der Waals surface area contributed by atoms with Gasteiger partial charge in [-0.15, -0.1) is 0 Å². The first-order chi connectivity index (χ1) is 19.8. The number of β-amino-alcohol motifs (C(OH)–C–C–N with tert-alkyl or cyclic N) is 1. The largest absolute Gasteiger partial charge is 0.395 e. The van der Waals surface area contributed by atoms with Crippen LogP contribution in [0.5, 0.6) is 0 Å². The molecule has 11 heteroatoms. The van der Waals surface area contributed by atoms with Gasteiger partial charge in [-0.05, 0) is 68.0 Å². The Morgan fingerprint density at radius 1 is 1.02 bits per heavy atom. The van der Waals surface area contributed by atoms with Crippen molar-refractivity contribution in [3.63, 3.8) is 0 Å². The van der Waals surface area contributed by atoms with Gasteiger partial charge in [0.15, 0.2) is 0 Å². The highest BCUT2D eigenvalue weighted by Gasteiger charge is 2.52. The number of pyridine rings is 2. The summed E-state index contributed by atoms with van der Waals surface area (Å²) in [4.78, 5) is 24.3. The molecule has 2 fully saturated rings. The molecule has 1 spiro atoms. The Labute approximate surface area is 240 Å². The number of carbonyl (C=O) groups excluding carboxylic acids is 1. The third-order valence-electron chi connectivity index (χ3n) is 8.51. The highest BCUT2D eigenvalue weighted by molar-refractivity contribution is 7.89. The quantitative estimate of drug-likeness (QED) is 0.439. The first-order valence-electron chi connectivity index (χ1n) is 14.1. The number of rotatable bonds is 7. The van der Waals surface area contributed by atoms with Gasteiger partial charge < -0.3 is 15.2 Å². The number of anilines is 2. The normalized spacial score (nSPS) is 19.5. The fraction of sp³-hybridized carbons (Fsp3) is 0.433. The molecule has 3 aliphatic heterocycles. The number of nitrogens with zero attached hydrogens (tertiary/aromatic N) is 4. The van der Waals surface area contributed by atoms with E-state index in [2.05, 4.69) is 15.3 Å². The summed E-state index contributed by atoms with van der Waals surface area (Å²) in [5, 5.41) is 13.0. The molecule has 1 aromatic carbocycles. The first-order valence-corrected chi connectivity index (χ1v) is 15.6. The summed E-state index contributed by atoms with van der Waals surface area (Å²) in [5.41, 5.74) is 2.88. The molecule has 0 aliphatic carbocycles. The number of carbonyl (C=O) groups is 1. The molecular formula is C30H35N5O5S. The molecule has 6 rings (SSSR count). The molecular weight excluding hydrogens is 542 g/mol. The second kappa shape index (κ2) is 11.1. The lowest BCUT2D eigenvalue weighted by Gasteiger charge is -2.32.